The van der Waals surface area contributed by atoms with E-state index in [-0.39, 0.29) is 23.9 Å². The predicted molar refractivity (Wildman–Crippen MR) is 116 cm³/mol. The lowest BCUT2D eigenvalue weighted by molar-refractivity contribution is -0.128. The molecule has 0 radical (unpaired) electrons. The van der Waals surface area contributed by atoms with Crippen molar-refractivity contribution < 1.29 is 14.0 Å². The average molecular weight is 434 g/mol. The van der Waals surface area contributed by atoms with Crippen molar-refractivity contribution in [2.24, 2.45) is 10.9 Å². The molecule has 29 heavy (non-hydrogen) atoms. The summed E-state index contributed by atoms with van der Waals surface area (Å²) in [6.07, 6.45) is -0.0634. The summed E-state index contributed by atoms with van der Waals surface area (Å²) in [7, 11) is 0. The zero-order valence-electron chi connectivity index (χ0n) is 16.1. The predicted octanol–water partition coefficient (Wildman–Crippen LogP) is 5.10. The van der Waals surface area contributed by atoms with Gasteiger partial charge in [0.2, 0.25) is 11.8 Å². The number of thioether (sulfide) groups is 1. The van der Waals surface area contributed by atoms with Crippen LogP contribution in [0.3, 0.4) is 0 Å². The van der Waals surface area contributed by atoms with Gasteiger partial charge in [0.25, 0.3) is 0 Å². The molecule has 8 heteroatoms. The SMILES string of the molecule is CC(C)CN1C(=O)[C@H](CC(=O)Nc2ccccc2F)SC1=Nc1ccc(Cl)cc1. The fourth-order valence-corrected chi connectivity index (χ4v) is 4.11. The van der Waals surface area contributed by atoms with Crippen molar-refractivity contribution in [3.63, 3.8) is 0 Å². The maximum absolute atomic E-state index is 13.8. The third-order valence-electron chi connectivity index (χ3n) is 4.14. The summed E-state index contributed by atoms with van der Waals surface area (Å²) in [4.78, 5) is 31.5. The van der Waals surface area contributed by atoms with Crippen LogP contribution in [0.4, 0.5) is 15.8 Å². The van der Waals surface area contributed by atoms with E-state index in [0.29, 0.717) is 22.4 Å². The second kappa shape index (κ2) is 9.41. The average Bonchev–Trinajstić information content (AvgIpc) is 2.94. The van der Waals surface area contributed by atoms with Crippen LogP contribution in [0.5, 0.6) is 0 Å². The Morgan fingerprint density at radius 1 is 1.24 bits per heavy atom. The number of carbonyl (C=O) groups is 2. The van der Waals surface area contributed by atoms with E-state index in [0.717, 1.165) is 0 Å². The first kappa shape index (κ1) is 21.3. The molecule has 5 nitrogen and oxygen atoms in total. The van der Waals surface area contributed by atoms with Gasteiger partial charge in [-0.25, -0.2) is 9.38 Å². The van der Waals surface area contributed by atoms with E-state index in [1.807, 2.05) is 13.8 Å². The van der Waals surface area contributed by atoms with Crippen LogP contribution in [0, 0.1) is 11.7 Å². The standard InChI is InChI=1S/C21H21ClFN3O2S/c1-13(2)12-26-20(28)18(11-19(27)25-17-6-4-3-5-16(17)23)29-21(26)24-15-9-7-14(22)8-10-15/h3-10,13,18H,11-12H2,1-2H3,(H,25,27)/t18-/m0/s1. The second-order valence-corrected chi connectivity index (χ2v) is 8.66. The van der Waals surface area contributed by atoms with Crippen LogP contribution in [0.25, 0.3) is 0 Å². The monoisotopic (exact) mass is 433 g/mol. The molecular weight excluding hydrogens is 413 g/mol. The minimum atomic E-state index is -0.605. The summed E-state index contributed by atoms with van der Waals surface area (Å²) < 4.78 is 13.8. The summed E-state index contributed by atoms with van der Waals surface area (Å²) in [5.74, 6) is -0.864. The molecule has 2 aromatic carbocycles. The quantitative estimate of drug-likeness (QED) is 0.689. The van der Waals surface area contributed by atoms with Crippen LogP contribution in [0.1, 0.15) is 20.3 Å². The summed E-state index contributed by atoms with van der Waals surface area (Å²) in [6.45, 7) is 4.52. The number of halogens is 2. The van der Waals surface area contributed by atoms with Crippen molar-refractivity contribution in [1.82, 2.24) is 4.90 Å². The fraction of sp³-hybridized carbons (Fsp3) is 0.286. The number of hydrogen-bond acceptors (Lipinski definition) is 4. The lowest BCUT2D eigenvalue weighted by Crippen LogP contribution is -2.36. The van der Waals surface area contributed by atoms with Gasteiger partial charge in [0.05, 0.1) is 11.4 Å². The Kier molecular flexibility index (Phi) is 6.92. The summed E-state index contributed by atoms with van der Waals surface area (Å²) in [5.41, 5.74) is 0.775. The molecule has 1 heterocycles. The number of benzene rings is 2. The zero-order valence-corrected chi connectivity index (χ0v) is 17.6. The summed E-state index contributed by atoms with van der Waals surface area (Å²) in [6, 6.07) is 12.9. The Morgan fingerprint density at radius 2 is 1.93 bits per heavy atom. The van der Waals surface area contributed by atoms with E-state index < -0.39 is 17.0 Å². The lowest BCUT2D eigenvalue weighted by Gasteiger charge is -2.18. The molecule has 0 bridgehead atoms. The van der Waals surface area contributed by atoms with E-state index in [4.69, 9.17) is 11.6 Å². The molecule has 1 atom stereocenters. The van der Waals surface area contributed by atoms with Crippen molar-refractivity contribution in [3.8, 4) is 0 Å². The van der Waals surface area contributed by atoms with Gasteiger partial charge in [0.15, 0.2) is 5.17 Å². The number of carbonyl (C=O) groups excluding carboxylic acids is 2. The summed E-state index contributed by atoms with van der Waals surface area (Å²) >= 11 is 7.17. The number of amidine groups is 1. The Hall–Kier alpha value is -2.38. The van der Waals surface area contributed by atoms with Crippen molar-refractivity contribution in [3.05, 3.63) is 59.4 Å². The number of anilines is 1. The van der Waals surface area contributed by atoms with Gasteiger partial charge in [-0.05, 0) is 42.3 Å². The molecule has 2 aromatic rings. The molecule has 1 N–H and O–H groups in total. The Bertz CT molecular complexity index is 934. The number of para-hydroxylation sites is 1. The first-order chi connectivity index (χ1) is 13.8. The van der Waals surface area contributed by atoms with Crippen molar-refractivity contribution in [1.29, 1.82) is 0 Å². The molecule has 1 saturated heterocycles. The van der Waals surface area contributed by atoms with Crippen LogP contribution in [-0.4, -0.2) is 33.7 Å². The Balaban J connectivity index is 1.76. The molecule has 1 fully saturated rings. The molecule has 1 aliphatic rings. The van der Waals surface area contributed by atoms with Gasteiger partial charge < -0.3 is 5.32 Å². The van der Waals surface area contributed by atoms with Crippen LogP contribution < -0.4 is 5.32 Å². The number of amides is 2. The molecule has 152 valence electrons. The van der Waals surface area contributed by atoms with E-state index in [9.17, 15) is 14.0 Å². The van der Waals surface area contributed by atoms with Crippen molar-refractivity contribution in [2.75, 3.05) is 11.9 Å². The van der Waals surface area contributed by atoms with Crippen molar-refractivity contribution in [2.45, 2.75) is 25.5 Å². The maximum atomic E-state index is 13.8. The van der Waals surface area contributed by atoms with Gasteiger partial charge in [0.1, 0.15) is 11.1 Å². The van der Waals surface area contributed by atoms with Gasteiger partial charge >= 0.3 is 0 Å². The van der Waals surface area contributed by atoms with E-state index in [1.165, 1.54) is 23.9 Å². The molecule has 0 saturated carbocycles. The highest BCUT2D eigenvalue weighted by molar-refractivity contribution is 8.15. The summed E-state index contributed by atoms with van der Waals surface area (Å²) in [5, 5.41) is 3.08. The highest BCUT2D eigenvalue weighted by atomic mass is 35.5. The molecule has 0 aromatic heterocycles. The lowest BCUT2D eigenvalue weighted by atomic mass is 10.2. The van der Waals surface area contributed by atoms with Crippen LogP contribution >= 0.6 is 23.4 Å². The van der Waals surface area contributed by atoms with Crippen molar-refractivity contribution >= 4 is 51.7 Å². The number of nitrogens with zero attached hydrogens (tertiary/aromatic N) is 2. The minimum Gasteiger partial charge on any atom is -0.324 e. The first-order valence-electron chi connectivity index (χ1n) is 9.20. The van der Waals surface area contributed by atoms with Crippen LogP contribution in [-0.2, 0) is 9.59 Å². The minimum absolute atomic E-state index is 0.0634. The maximum Gasteiger partial charge on any atom is 0.242 e. The van der Waals surface area contributed by atoms with Crippen LogP contribution in [0.15, 0.2) is 53.5 Å². The van der Waals surface area contributed by atoms with Crippen LogP contribution in [0.2, 0.25) is 5.02 Å². The number of rotatable bonds is 6. The number of nitrogens with one attached hydrogen (secondary N) is 1. The molecule has 2 amide bonds. The third kappa shape index (κ3) is 5.58. The van der Waals surface area contributed by atoms with E-state index in [1.54, 1.807) is 41.3 Å². The molecule has 0 unspecified atom stereocenters. The normalized spacial score (nSPS) is 18.0. The number of aliphatic imine (C=N–C) groups is 1. The first-order valence-corrected chi connectivity index (χ1v) is 10.5. The second-order valence-electron chi connectivity index (χ2n) is 7.05. The van der Waals surface area contributed by atoms with Gasteiger partial charge in [-0.1, -0.05) is 49.3 Å². The largest absolute Gasteiger partial charge is 0.324 e. The van der Waals surface area contributed by atoms with E-state index >= 15 is 0 Å². The molecule has 0 aliphatic carbocycles. The molecular formula is C21H21ClFN3O2S. The zero-order chi connectivity index (χ0) is 21.0. The van der Waals surface area contributed by atoms with Gasteiger partial charge in [-0.15, -0.1) is 0 Å². The molecule has 0 spiro atoms. The van der Waals surface area contributed by atoms with Gasteiger partial charge in [-0.3, -0.25) is 14.5 Å². The van der Waals surface area contributed by atoms with Gasteiger partial charge in [0, 0.05) is 18.0 Å². The molecule has 3 rings (SSSR count). The topological polar surface area (TPSA) is 61.8 Å². The number of hydrogen-bond donors (Lipinski definition) is 1. The highest BCUT2D eigenvalue weighted by Crippen LogP contribution is 2.32. The Morgan fingerprint density at radius 3 is 2.59 bits per heavy atom. The fourth-order valence-electron chi connectivity index (χ4n) is 2.82. The Labute approximate surface area is 178 Å². The smallest absolute Gasteiger partial charge is 0.242 e. The van der Waals surface area contributed by atoms with E-state index in [2.05, 4.69) is 10.3 Å². The molecule has 1 aliphatic heterocycles. The third-order valence-corrected chi connectivity index (χ3v) is 5.57. The highest BCUT2D eigenvalue weighted by Gasteiger charge is 2.39. The van der Waals surface area contributed by atoms with Gasteiger partial charge in [-0.2, -0.15) is 0 Å².